The number of alkyl halides is 3. The van der Waals surface area contributed by atoms with Crippen molar-refractivity contribution >= 4 is 35.0 Å². The molecule has 0 radical (unpaired) electrons. The summed E-state index contributed by atoms with van der Waals surface area (Å²) in [5, 5.41) is 2.47. The van der Waals surface area contributed by atoms with Crippen LogP contribution in [0.1, 0.15) is 11.1 Å². The van der Waals surface area contributed by atoms with Gasteiger partial charge in [0.25, 0.3) is 0 Å². The zero-order valence-corrected chi connectivity index (χ0v) is 13.6. The van der Waals surface area contributed by atoms with Crippen LogP contribution >= 0.6 is 23.4 Å². The minimum Gasteiger partial charge on any atom is -0.324 e. The van der Waals surface area contributed by atoms with Crippen molar-refractivity contribution in [1.29, 1.82) is 0 Å². The number of benzene rings is 2. The number of thioether (sulfide) groups is 1. The van der Waals surface area contributed by atoms with E-state index in [2.05, 4.69) is 5.32 Å². The highest BCUT2D eigenvalue weighted by Crippen LogP contribution is 2.33. The van der Waals surface area contributed by atoms with Crippen LogP contribution in [0, 0.1) is 6.92 Å². The molecule has 0 aliphatic carbocycles. The van der Waals surface area contributed by atoms with Gasteiger partial charge in [-0.05, 0) is 37.3 Å². The maximum Gasteiger partial charge on any atom is 0.416 e. The van der Waals surface area contributed by atoms with Crippen molar-refractivity contribution in [3.8, 4) is 0 Å². The molecule has 23 heavy (non-hydrogen) atoms. The number of halogens is 4. The highest BCUT2D eigenvalue weighted by molar-refractivity contribution is 8.00. The molecule has 2 aromatic rings. The topological polar surface area (TPSA) is 29.1 Å². The van der Waals surface area contributed by atoms with Crippen molar-refractivity contribution in [2.24, 2.45) is 0 Å². The predicted molar refractivity (Wildman–Crippen MR) is 87.0 cm³/mol. The van der Waals surface area contributed by atoms with E-state index in [9.17, 15) is 18.0 Å². The number of hydrogen-bond acceptors (Lipinski definition) is 2. The molecule has 0 aromatic heterocycles. The first kappa shape index (κ1) is 17.7. The Hall–Kier alpha value is -1.66. The van der Waals surface area contributed by atoms with Crippen LogP contribution in [0.15, 0.2) is 47.4 Å². The van der Waals surface area contributed by atoms with Gasteiger partial charge in [-0.25, -0.2) is 0 Å². The van der Waals surface area contributed by atoms with Gasteiger partial charge in [0.05, 0.1) is 22.0 Å². The molecule has 0 saturated heterocycles. The van der Waals surface area contributed by atoms with Crippen molar-refractivity contribution < 1.29 is 18.0 Å². The van der Waals surface area contributed by atoms with Crippen LogP contribution in [0.25, 0.3) is 0 Å². The van der Waals surface area contributed by atoms with E-state index >= 15 is 0 Å². The van der Waals surface area contributed by atoms with Gasteiger partial charge in [0.2, 0.25) is 5.91 Å². The normalized spacial score (nSPS) is 11.3. The van der Waals surface area contributed by atoms with Crippen LogP contribution < -0.4 is 5.32 Å². The average molecular weight is 360 g/mol. The summed E-state index contributed by atoms with van der Waals surface area (Å²) < 4.78 is 38.0. The summed E-state index contributed by atoms with van der Waals surface area (Å²) in [6, 6.07) is 10.4. The third-order valence-corrected chi connectivity index (χ3v) is 4.30. The Morgan fingerprint density at radius 1 is 1.17 bits per heavy atom. The van der Waals surface area contributed by atoms with E-state index in [1.54, 1.807) is 0 Å². The van der Waals surface area contributed by atoms with Crippen molar-refractivity contribution in [3.05, 3.63) is 58.6 Å². The number of anilines is 1. The third kappa shape index (κ3) is 5.18. The quantitative estimate of drug-likeness (QED) is 0.741. The number of amides is 1. The lowest BCUT2D eigenvalue weighted by molar-refractivity contribution is -0.137. The van der Waals surface area contributed by atoms with Crippen molar-refractivity contribution in [3.63, 3.8) is 0 Å². The molecule has 0 spiro atoms. The number of carbonyl (C=O) groups excluding carboxylic acids is 1. The summed E-state index contributed by atoms with van der Waals surface area (Å²) in [5.74, 6) is -0.341. The monoisotopic (exact) mass is 359 g/mol. The van der Waals surface area contributed by atoms with Gasteiger partial charge in [-0.15, -0.1) is 11.8 Å². The van der Waals surface area contributed by atoms with Gasteiger partial charge >= 0.3 is 6.18 Å². The fourth-order valence-electron chi connectivity index (χ4n) is 1.77. The first-order valence-corrected chi connectivity index (χ1v) is 7.98. The molecule has 2 rings (SSSR count). The molecule has 0 fully saturated rings. The van der Waals surface area contributed by atoms with E-state index in [4.69, 9.17) is 11.6 Å². The second-order valence-electron chi connectivity index (χ2n) is 4.84. The maximum absolute atomic E-state index is 12.7. The summed E-state index contributed by atoms with van der Waals surface area (Å²) in [6.07, 6.45) is -4.49. The highest BCUT2D eigenvalue weighted by atomic mass is 35.5. The Morgan fingerprint density at radius 3 is 2.43 bits per heavy atom. The second-order valence-corrected chi connectivity index (χ2v) is 6.30. The fourth-order valence-corrected chi connectivity index (χ4v) is 2.63. The summed E-state index contributed by atoms with van der Waals surface area (Å²) in [6.45, 7) is 1.96. The van der Waals surface area contributed by atoms with Gasteiger partial charge in [-0.1, -0.05) is 29.3 Å². The molecule has 1 N–H and O–H groups in total. The van der Waals surface area contributed by atoms with E-state index in [1.807, 2.05) is 31.2 Å². The molecule has 0 heterocycles. The number of hydrogen-bond donors (Lipinski definition) is 1. The predicted octanol–water partition coefficient (Wildman–Crippen LogP) is 5.40. The van der Waals surface area contributed by atoms with Crippen LogP contribution in [0.4, 0.5) is 18.9 Å². The van der Waals surface area contributed by atoms with E-state index in [0.717, 1.165) is 28.7 Å². The number of nitrogens with one attached hydrogen (secondary N) is 1. The fraction of sp³-hybridized carbons (Fsp3) is 0.188. The van der Waals surface area contributed by atoms with E-state index in [-0.39, 0.29) is 16.5 Å². The molecule has 0 unspecified atom stereocenters. The average Bonchev–Trinajstić information content (AvgIpc) is 2.48. The first-order valence-electron chi connectivity index (χ1n) is 6.62. The van der Waals surface area contributed by atoms with E-state index < -0.39 is 17.6 Å². The molecule has 0 saturated carbocycles. The smallest absolute Gasteiger partial charge is 0.324 e. The zero-order chi connectivity index (χ0) is 17.0. The molecule has 0 aliphatic rings. The Balaban J connectivity index is 2.01. The number of rotatable bonds is 4. The number of aryl methyl sites for hydroxylation is 1. The lowest BCUT2D eigenvalue weighted by atomic mass is 10.2. The van der Waals surface area contributed by atoms with Gasteiger partial charge in [-0.2, -0.15) is 13.2 Å². The lowest BCUT2D eigenvalue weighted by Crippen LogP contribution is -2.15. The van der Waals surface area contributed by atoms with Crippen molar-refractivity contribution in [2.75, 3.05) is 11.1 Å². The molecule has 122 valence electrons. The van der Waals surface area contributed by atoms with Crippen molar-refractivity contribution in [1.82, 2.24) is 0 Å². The zero-order valence-electron chi connectivity index (χ0n) is 12.1. The SMILES string of the molecule is Cc1ccc(SCC(=O)Nc2cc(C(F)(F)F)ccc2Cl)cc1. The molecule has 2 nitrogen and oxygen atoms in total. The lowest BCUT2D eigenvalue weighted by Gasteiger charge is -2.11. The van der Waals surface area contributed by atoms with Crippen LogP contribution in [0.5, 0.6) is 0 Å². The number of carbonyl (C=O) groups is 1. The highest BCUT2D eigenvalue weighted by Gasteiger charge is 2.31. The molecule has 0 bridgehead atoms. The van der Waals surface area contributed by atoms with Crippen LogP contribution in [-0.4, -0.2) is 11.7 Å². The first-order chi connectivity index (χ1) is 10.8. The summed E-state index contributed by atoms with van der Waals surface area (Å²) >= 11 is 7.13. The van der Waals surface area contributed by atoms with Crippen molar-refractivity contribution in [2.45, 2.75) is 18.0 Å². The molecular weight excluding hydrogens is 347 g/mol. The Labute approximate surface area is 141 Å². The molecule has 0 atom stereocenters. The van der Waals surface area contributed by atoms with Gasteiger partial charge in [0.15, 0.2) is 0 Å². The van der Waals surface area contributed by atoms with E-state index in [0.29, 0.717) is 0 Å². The van der Waals surface area contributed by atoms with Crippen LogP contribution in [-0.2, 0) is 11.0 Å². The largest absolute Gasteiger partial charge is 0.416 e. The minimum absolute atomic E-state index is 0.0454. The van der Waals surface area contributed by atoms with Crippen LogP contribution in [0.3, 0.4) is 0 Å². The van der Waals surface area contributed by atoms with Gasteiger partial charge < -0.3 is 5.32 Å². The summed E-state index contributed by atoms with van der Waals surface area (Å²) in [7, 11) is 0. The Morgan fingerprint density at radius 2 is 1.83 bits per heavy atom. The van der Waals surface area contributed by atoms with Gasteiger partial charge in [0.1, 0.15) is 0 Å². The third-order valence-electron chi connectivity index (χ3n) is 2.96. The molecule has 1 amide bonds. The Kier molecular flexibility index (Phi) is 5.59. The summed E-state index contributed by atoms with van der Waals surface area (Å²) in [4.78, 5) is 12.8. The Bertz CT molecular complexity index is 701. The molecular formula is C16H13ClF3NOS. The van der Waals surface area contributed by atoms with Gasteiger partial charge in [-0.3, -0.25) is 4.79 Å². The standard InChI is InChI=1S/C16H13ClF3NOS/c1-10-2-5-12(6-3-10)23-9-15(22)21-14-8-11(16(18,19)20)4-7-13(14)17/h2-8H,9H2,1H3,(H,21,22). The van der Waals surface area contributed by atoms with Crippen LogP contribution in [0.2, 0.25) is 5.02 Å². The van der Waals surface area contributed by atoms with Gasteiger partial charge in [0, 0.05) is 4.90 Å². The van der Waals surface area contributed by atoms with E-state index in [1.165, 1.54) is 11.8 Å². The minimum atomic E-state index is -4.49. The molecule has 0 aliphatic heterocycles. The molecule has 2 aromatic carbocycles. The second kappa shape index (κ2) is 7.27. The molecule has 7 heteroatoms. The summed E-state index contributed by atoms with van der Waals surface area (Å²) in [5.41, 5.74) is 0.203. The maximum atomic E-state index is 12.7.